The average Bonchev–Trinajstić information content (AvgIpc) is 2.37. The number of aryl methyl sites for hydroxylation is 1. The van der Waals surface area contributed by atoms with Crippen LogP contribution in [0.2, 0.25) is 0 Å². The quantitative estimate of drug-likeness (QED) is 0.744. The third kappa shape index (κ3) is 4.54. The fraction of sp³-hybridized carbons (Fsp3) is 0.500. The molecule has 0 fully saturated rings. The van der Waals surface area contributed by atoms with Gasteiger partial charge >= 0.3 is 0 Å². The fourth-order valence-electron chi connectivity index (χ4n) is 1.89. The third-order valence-corrected chi connectivity index (χ3v) is 2.85. The first kappa shape index (κ1) is 15.5. The smallest absolute Gasteiger partial charge is 0.251 e. The van der Waals surface area contributed by atoms with Gasteiger partial charge in [0.1, 0.15) is 5.75 Å². The number of rotatable bonds is 6. The second-order valence-corrected chi connectivity index (χ2v) is 4.68. The van der Waals surface area contributed by atoms with E-state index < -0.39 is 6.04 Å². The Hall–Kier alpha value is -1.59. The third-order valence-electron chi connectivity index (χ3n) is 2.85. The van der Waals surface area contributed by atoms with Crippen LogP contribution in [0, 0.1) is 0 Å². The van der Waals surface area contributed by atoms with E-state index in [9.17, 15) is 4.79 Å². The summed E-state index contributed by atoms with van der Waals surface area (Å²) in [6, 6.07) is 5.35. The molecule has 1 amide bonds. The number of hydrazine groups is 1. The molecule has 106 valence electrons. The second-order valence-electron chi connectivity index (χ2n) is 4.68. The van der Waals surface area contributed by atoms with E-state index >= 15 is 0 Å². The van der Waals surface area contributed by atoms with Crippen LogP contribution in [0.1, 0.15) is 18.1 Å². The Morgan fingerprint density at radius 1 is 1.47 bits per heavy atom. The molecule has 1 aromatic rings. The lowest BCUT2D eigenvalue weighted by Crippen LogP contribution is -2.47. The van der Waals surface area contributed by atoms with Crippen LogP contribution >= 0.6 is 0 Å². The summed E-state index contributed by atoms with van der Waals surface area (Å²) in [5, 5.41) is 1.59. The van der Waals surface area contributed by atoms with Crippen molar-refractivity contribution in [1.82, 2.24) is 10.4 Å². The summed E-state index contributed by atoms with van der Waals surface area (Å²) in [6.07, 6.45) is 1.40. The van der Waals surface area contributed by atoms with Crippen LogP contribution in [0.3, 0.4) is 0 Å². The monoisotopic (exact) mass is 265 g/mol. The van der Waals surface area contributed by atoms with Crippen molar-refractivity contribution in [1.29, 1.82) is 0 Å². The normalized spacial score (nSPS) is 12.3. The lowest BCUT2D eigenvalue weighted by Gasteiger charge is -2.17. The maximum Gasteiger partial charge on any atom is 0.251 e. The van der Waals surface area contributed by atoms with E-state index in [2.05, 4.69) is 12.3 Å². The molecule has 1 rings (SSSR count). The highest BCUT2D eigenvalue weighted by atomic mass is 16.5. The van der Waals surface area contributed by atoms with Crippen LogP contribution in [0.25, 0.3) is 0 Å². The number of nitrogens with one attached hydrogen (secondary N) is 1. The zero-order valence-electron chi connectivity index (χ0n) is 12.1. The minimum absolute atomic E-state index is 0.182. The van der Waals surface area contributed by atoms with E-state index in [0.29, 0.717) is 6.42 Å². The molecule has 0 heterocycles. The summed E-state index contributed by atoms with van der Waals surface area (Å²) >= 11 is 0. The molecule has 0 aliphatic heterocycles. The van der Waals surface area contributed by atoms with Gasteiger partial charge in [-0.05, 0) is 30.0 Å². The first-order valence-electron chi connectivity index (χ1n) is 6.37. The number of nitrogens with zero attached hydrogens (tertiary/aromatic N) is 1. The largest absolute Gasteiger partial charge is 0.496 e. The molecule has 0 bridgehead atoms. The summed E-state index contributed by atoms with van der Waals surface area (Å²) in [6.45, 7) is 2.07. The standard InChI is InChI=1S/C14H23N3O2/c1-5-11-8-10(6-7-13(11)19-4)9-12(15)14(18)16-17(2)3/h6-8,12H,5,9,15H2,1-4H3,(H,16,18). The van der Waals surface area contributed by atoms with Crippen molar-refractivity contribution in [2.45, 2.75) is 25.8 Å². The van der Waals surface area contributed by atoms with Gasteiger partial charge < -0.3 is 10.5 Å². The molecule has 5 heteroatoms. The molecule has 5 nitrogen and oxygen atoms in total. The molecule has 0 spiro atoms. The number of benzene rings is 1. The molecule has 0 aliphatic rings. The predicted molar refractivity (Wildman–Crippen MR) is 75.9 cm³/mol. The second kappa shape index (κ2) is 7.11. The molecule has 0 radical (unpaired) electrons. The van der Waals surface area contributed by atoms with Gasteiger partial charge in [0.15, 0.2) is 0 Å². The number of carbonyl (C=O) groups excluding carboxylic acids is 1. The van der Waals surface area contributed by atoms with Gasteiger partial charge in [-0.2, -0.15) is 0 Å². The molecule has 1 atom stereocenters. The highest BCUT2D eigenvalue weighted by Crippen LogP contribution is 2.20. The first-order valence-corrected chi connectivity index (χ1v) is 6.37. The van der Waals surface area contributed by atoms with E-state index in [1.165, 1.54) is 0 Å². The topological polar surface area (TPSA) is 67.6 Å². The molecule has 1 unspecified atom stereocenters. The fourth-order valence-corrected chi connectivity index (χ4v) is 1.89. The number of carbonyl (C=O) groups is 1. The van der Waals surface area contributed by atoms with E-state index in [-0.39, 0.29) is 5.91 Å². The number of hydrogen-bond donors (Lipinski definition) is 2. The number of ether oxygens (including phenoxy) is 1. The van der Waals surface area contributed by atoms with Gasteiger partial charge in [-0.1, -0.05) is 19.1 Å². The first-order chi connectivity index (χ1) is 8.97. The van der Waals surface area contributed by atoms with Gasteiger partial charge in [0.2, 0.25) is 0 Å². The molecule has 0 saturated heterocycles. The van der Waals surface area contributed by atoms with Crippen molar-refractivity contribution in [3.8, 4) is 5.75 Å². The van der Waals surface area contributed by atoms with Crippen LogP contribution < -0.4 is 15.9 Å². The summed E-state index contributed by atoms with van der Waals surface area (Å²) in [5.74, 6) is 0.691. The molecule has 3 N–H and O–H groups in total. The van der Waals surface area contributed by atoms with Gasteiger partial charge in [-0.3, -0.25) is 10.2 Å². The number of hydrogen-bond acceptors (Lipinski definition) is 4. The predicted octanol–water partition coefficient (Wildman–Crippen LogP) is 0.720. The molecule has 19 heavy (non-hydrogen) atoms. The molecule has 0 saturated carbocycles. The van der Waals surface area contributed by atoms with Crippen LogP contribution in [0.4, 0.5) is 0 Å². The molecule has 0 aliphatic carbocycles. The van der Waals surface area contributed by atoms with E-state index in [0.717, 1.165) is 23.3 Å². The van der Waals surface area contributed by atoms with Gasteiger partial charge in [0.05, 0.1) is 13.2 Å². The number of methoxy groups -OCH3 is 1. The van der Waals surface area contributed by atoms with E-state index in [1.807, 2.05) is 18.2 Å². The zero-order valence-corrected chi connectivity index (χ0v) is 12.1. The van der Waals surface area contributed by atoms with Crippen LogP contribution in [-0.2, 0) is 17.6 Å². The Morgan fingerprint density at radius 2 is 2.16 bits per heavy atom. The van der Waals surface area contributed by atoms with E-state index in [4.69, 9.17) is 10.5 Å². The van der Waals surface area contributed by atoms with Crippen molar-refractivity contribution in [3.05, 3.63) is 29.3 Å². The maximum atomic E-state index is 11.7. The summed E-state index contributed by atoms with van der Waals surface area (Å²) in [5.41, 5.74) is 10.7. The summed E-state index contributed by atoms with van der Waals surface area (Å²) in [4.78, 5) is 11.7. The summed E-state index contributed by atoms with van der Waals surface area (Å²) in [7, 11) is 5.17. The Labute approximate surface area is 114 Å². The minimum Gasteiger partial charge on any atom is -0.496 e. The Kier molecular flexibility index (Phi) is 5.79. The number of amides is 1. The van der Waals surface area contributed by atoms with Crippen molar-refractivity contribution in [2.75, 3.05) is 21.2 Å². The Morgan fingerprint density at radius 3 is 2.68 bits per heavy atom. The molecular formula is C14H23N3O2. The van der Waals surface area contributed by atoms with Gasteiger partial charge in [-0.15, -0.1) is 0 Å². The van der Waals surface area contributed by atoms with Crippen molar-refractivity contribution >= 4 is 5.91 Å². The molecule has 1 aromatic carbocycles. The van der Waals surface area contributed by atoms with Crippen molar-refractivity contribution in [3.63, 3.8) is 0 Å². The summed E-state index contributed by atoms with van der Waals surface area (Å²) < 4.78 is 5.28. The number of nitrogens with two attached hydrogens (primary N) is 1. The Balaban J connectivity index is 2.74. The minimum atomic E-state index is -0.555. The van der Waals surface area contributed by atoms with Crippen LogP contribution in [0.15, 0.2) is 18.2 Å². The van der Waals surface area contributed by atoms with Gasteiger partial charge in [-0.25, -0.2) is 5.01 Å². The lowest BCUT2D eigenvalue weighted by atomic mass is 10.0. The molecule has 0 aromatic heterocycles. The highest BCUT2D eigenvalue weighted by Gasteiger charge is 2.15. The SMILES string of the molecule is CCc1cc(CC(N)C(=O)NN(C)C)ccc1OC. The van der Waals surface area contributed by atoms with Crippen molar-refractivity contribution < 1.29 is 9.53 Å². The Bertz CT molecular complexity index is 433. The average molecular weight is 265 g/mol. The molecular weight excluding hydrogens is 242 g/mol. The lowest BCUT2D eigenvalue weighted by molar-refractivity contribution is -0.126. The van der Waals surface area contributed by atoms with Gasteiger partial charge in [0.25, 0.3) is 5.91 Å². The van der Waals surface area contributed by atoms with Gasteiger partial charge in [0, 0.05) is 14.1 Å². The zero-order chi connectivity index (χ0) is 14.4. The highest BCUT2D eigenvalue weighted by molar-refractivity contribution is 5.81. The van der Waals surface area contributed by atoms with Crippen molar-refractivity contribution in [2.24, 2.45) is 5.73 Å². The van der Waals surface area contributed by atoms with Crippen LogP contribution in [-0.4, -0.2) is 38.2 Å². The van der Waals surface area contributed by atoms with Crippen LogP contribution in [0.5, 0.6) is 5.75 Å². The maximum absolute atomic E-state index is 11.7. The van der Waals surface area contributed by atoms with E-state index in [1.54, 1.807) is 26.2 Å².